The topological polar surface area (TPSA) is 93.1 Å². The monoisotopic (exact) mass is 390 g/mol. The largest absolute Gasteiger partial charge is 0.508 e. The lowest BCUT2D eigenvalue weighted by molar-refractivity contribution is -0.136. The SMILES string of the molecule is CC1(COc2ccc(CC(Cl)C(=O)O)cc2)CC(=O)c2cc(O)ccc2O1. The Labute approximate surface area is 161 Å². The number of hydrogen-bond donors (Lipinski definition) is 2. The van der Waals surface area contributed by atoms with Crippen LogP contribution in [0, 0.1) is 0 Å². The van der Waals surface area contributed by atoms with Gasteiger partial charge in [-0.15, -0.1) is 11.6 Å². The smallest absolute Gasteiger partial charge is 0.321 e. The van der Waals surface area contributed by atoms with E-state index < -0.39 is 16.9 Å². The van der Waals surface area contributed by atoms with Gasteiger partial charge in [0.2, 0.25) is 0 Å². The van der Waals surface area contributed by atoms with E-state index in [9.17, 15) is 14.7 Å². The van der Waals surface area contributed by atoms with Gasteiger partial charge in [-0.25, -0.2) is 0 Å². The van der Waals surface area contributed by atoms with Gasteiger partial charge in [-0.1, -0.05) is 12.1 Å². The highest BCUT2D eigenvalue weighted by molar-refractivity contribution is 6.29. The van der Waals surface area contributed by atoms with Gasteiger partial charge in [0.05, 0.1) is 12.0 Å². The van der Waals surface area contributed by atoms with Crippen LogP contribution in [0.5, 0.6) is 17.2 Å². The van der Waals surface area contributed by atoms with E-state index in [4.69, 9.17) is 26.2 Å². The molecule has 0 amide bonds. The van der Waals surface area contributed by atoms with Gasteiger partial charge in [-0.3, -0.25) is 9.59 Å². The molecule has 2 aromatic carbocycles. The van der Waals surface area contributed by atoms with Crippen LogP contribution < -0.4 is 9.47 Å². The molecule has 0 spiro atoms. The van der Waals surface area contributed by atoms with Gasteiger partial charge in [-0.05, 0) is 49.2 Å². The quantitative estimate of drug-likeness (QED) is 0.734. The fourth-order valence-corrected chi connectivity index (χ4v) is 3.07. The fraction of sp³-hybridized carbons (Fsp3) is 0.300. The number of ketones is 1. The molecule has 6 nitrogen and oxygen atoms in total. The maximum atomic E-state index is 12.4. The first-order valence-corrected chi connectivity index (χ1v) is 8.83. The molecule has 0 saturated heterocycles. The van der Waals surface area contributed by atoms with Crippen LogP contribution in [0.1, 0.15) is 29.3 Å². The second-order valence-electron chi connectivity index (χ2n) is 6.77. The Kier molecular flexibility index (Phi) is 5.28. The average molecular weight is 391 g/mol. The third-order valence-corrected chi connectivity index (χ3v) is 4.65. The van der Waals surface area contributed by atoms with Crippen LogP contribution in [0.25, 0.3) is 0 Å². The number of Topliss-reactive ketones (excluding diaryl/α,β-unsaturated/α-hetero) is 1. The summed E-state index contributed by atoms with van der Waals surface area (Å²) in [7, 11) is 0. The number of carboxylic acids is 1. The second-order valence-corrected chi connectivity index (χ2v) is 7.30. The van der Waals surface area contributed by atoms with Crippen molar-refractivity contribution in [1.29, 1.82) is 0 Å². The van der Waals surface area contributed by atoms with Gasteiger partial charge in [0, 0.05) is 0 Å². The molecule has 1 aliphatic heterocycles. The molecule has 2 aromatic rings. The lowest BCUT2D eigenvalue weighted by Gasteiger charge is -2.34. The van der Waals surface area contributed by atoms with Crippen molar-refractivity contribution in [3.8, 4) is 17.2 Å². The normalized spacial score (nSPS) is 19.7. The van der Waals surface area contributed by atoms with E-state index >= 15 is 0 Å². The lowest BCUT2D eigenvalue weighted by atomic mass is 9.92. The number of phenolic OH excluding ortho intramolecular Hbond substituents is 1. The van der Waals surface area contributed by atoms with Gasteiger partial charge in [0.1, 0.15) is 34.8 Å². The summed E-state index contributed by atoms with van der Waals surface area (Å²) in [6.45, 7) is 1.95. The van der Waals surface area contributed by atoms with Crippen molar-refractivity contribution in [1.82, 2.24) is 0 Å². The van der Waals surface area contributed by atoms with E-state index in [2.05, 4.69) is 0 Å². The number of aromatic hydroxyl groups is 1. The number of halogens is 1. The first kappa shape index (κ1) is 19.0. The van der Waals surface area contributed by atoms with Gasteiger partial charge < -0.3 is 19.7 Å². The Morgan fingerprint density at radius 2 is 2.00 bits per heavy atom. The molecule has 0 radical (unpaired) electrons. The molecule has 142 valence electrons. The Morgan fingerprint density at radius 1 is 1.30 bits per heavy atom. The standard InChI is InChI=1S/C20H19ClO6/c1-20(10-17(23)15-9-13(22)4-7-18(15)27-20)11-26-14-5-2-12(3-6-14)8-16(21)19(24)25/h2-7,9,16,22H,8,10-11H2,1H3,(H,24,25). The predicted molar refractivity (Wildman–Crippen MR) is 99.0 cm³/mol. The van der Waals surface area contributed by atoms with Crippen LogP contribution >= 0.6 is 11.6 Å². The molecule has 27 heavy (non-hydrogen) atoms. The maximum absolute atomic E-state index is 12.4. The third-order valence-electron chi connectivity index (χ3n) is 4.30. The molecule has 1 heterocycles. The van der Waals surface area contributed by atoms with Gasteiger partial charge >= 0.3 is 5.97 Å². The van der Waals surface area contributed by atoms with E-state index in [1.165, 1.54) is 12.1 Å². The minimum Gasteiger partial charge on any atom is -0.508 e. The summed E-state index contributed by atoms with van der Waals surface area (Å²) in [5.74, 6) is -0.151. The zero-order valence-electron chi connectivity index (χ0n) is 14.6. The number of rotatable bonds is 6. The number of carbonyl (C=O) groups excluding carboxylic acids is 1. The van der Waals surface area contributed by atoms with Gasteiger partial charge in [0.15, 0.2) is 5.78 Å². The molecule has 0 aromatic heterocycles. The van der Waals surface area contributed by atoms with Crippen LogP contribution in [-0.2, 0) is 11.2 Å². The number of fused-ring (bicyclic) bond motifs is 1. The molecule has 7 heteroatoms. The molecule has 0 saturated carbocycles. The predicted octanol–water partition coefficient (Wildman–Crippen LogP) is 3.43. The van der Waals surface area contributed by atoms with Crippen molar-refractivity contribution in [2.24, 2.45) is 0 Å². The van der Waals surface area contributed by atoms with E-state index in [-0.39, 0.29) is 31.0 Å². The molecule has 2 N–H and O–H groups in total. The number of carbonyl (C=O) groups is 2. The molecule has 2 atom stereocenters. The third kappa shape index (κ3) is 4.52. The molecular formula is C20H19ClO6. The van der Waals surface area contributed by atoms with Crippen LogP contribution in [0.4, 0.5) is 0 Å². The van der Waals surface area contributed by atoms with Crippen molar-refractivity contribution in [3.05, 3.63) is 53.6 Å². The van der Waals surface area contributed by atoms with Crippen molar-refractivity contribution < 1.29 is 29.3 Å². The van der Waals surface area contributed by atoms with Crippen molar-refractivity contribution >= 4 is 23.4 Å². The molecule has 0 bridgehead atoms. The number of aliphatic carboxylic acids is 1. The molecular weight excluding hydrogens is 372 g/mol. The summed E-state index contributed by atoms with van der Waals surface area (Å²) < 4.78 is 11.7. The summed E-state index contributed by atoms with van der Waals surface area (Å²) in [4.78, 5) is 23.2. The molecule has 0 aliphatic carbocycles. The Balaban J connectivity index is 1.63. The fourth-order valence-electron chi connectivity index (χ4n) is 2.89. The molecule has 2 unspecified atom stereocenters. The Bertz CT molecular complexity index is 863. The lowest BCUT2D eigenvalue weighted by Crippen LogP contribution is -2.44. The number of phenols is 1. The zero-order chi connectivity index (χ0) is 19.6. The van der Waals surface area contributed by atoms with E-state index in [0.717, 1.165) is 5.56 Å². The Hall–Kier alpha value is -2.73. The van der Waals surface area contributed by atoms with Gasteiger partial charge in [0.25, 0.3) is 0 Å². The van der Waals surface area contributed by atoms with Crippen LogP contribution in [-0.4, -0.2) is 39.6 Å². The summed E-state index contributed by atoms with van der Waals surface area (Å²) in [5, 5.41) is 17.4. The number of alkyl halides is 1. The first-order valence-electron chi connectivity index (χ1n) is 8.40. The number of benzene rings is 2. The highest BCUT2D eigenvalue weighted by atomic mass is 35.5. The zero-order valence-corrected chi connectivity index (χ0v) is 15.4. The van der Waals surface area contributed by atoms with Crippen LogP contribution in [0.2, 0.25) is 0 Å². The highest BCUT2D eigenvalue weighted by Gasteiger charge is 2.37. The van der Waals surface area contributed by atoms with Crippen molar-refractivity contribution in [2.45, 2.75) is 30.7 Å². The number of carboxylic acid groups (broad SMARTS) is 1. The number of hydrogen-bond acceptors (Lipinski definition) is 5. The summed E-state index contributed by atoms with van der Waals surface area (Å²) >= 11 is 5.74. The summed E-state index contributed by atoms with van der Waals surface area (Å²) in [6, 6.07) is 11.4. The second kappa shape index (κ2) is 7.48. The van der Waals surface area contributed by atoms with E-state index in [1.807, 2.05) is 0 Å². The van der Waals surface area contributed by atoms with Crippen LogP contribution in [0.15, 0.2) is 42.5 Å². The molecule has 0 fully saturated rings. The van der Waals surface area contributed by atoms with E-state index in [0.29, 0.717) is 17.1 Å². The molecule has 3 rings (SSSR count). The average Bonchev–Trinajstić information content (AvgIpc) is 2.62. The van der Waals surface area contributed by atoms with Crippen LogP contribution in [0.3, 0.4) is 0 Å². The van der Waals surface area contributed by atoms with Crippen molar-refractivity contribution in [2.75, 3.05) is 6.61 Å². The first-order chi connectivity index (χ1) is 12.8. The van der Waals surface area contributed by atoms with E-state index in [1.54, 1.807) is 37.3 Å². The minimum absolute atomic E-state index is 0.0210. The number of ether oxygens (including phenoxy) is 2. The summed E-state index contributed by atoms with van der Waals surface area (Å²) in [6.07, 6.45) is 0.351. The van der Waals surface area contributed by atoms with Gasteiger partial charge in [-0.2, -0.15) is 0 Å². The van der Waals surface area contributed by atoms with Crippen molar-refractivity contribution in [3.63, 3.8) is 0 Å². The maximum Gasteiger partial charge on any atom is 0.321 e. The molecule has 1 aliphatic rings. The minimum atomic E-state index is -1.06. The summed E-state index contributed by atoms with van der Waals surface area (Å²) in [5.41, 5.74) is 0.323. The highest BCUT2D eigenvalue weighted by Crippen LogP contribution is 2.35. The Morgan fingerprint density at radius 3 is 2.67 bits per heavy atom.